The van der Waals surface area contributed by atoms with E-state index in [1.807, 2.05) is 12.3 Å². The summed E-state index contributed by atoms with van der Waals surface area (Å²) in [7, 11) is 0. The van der Waals surface area contributed by atoms with Gasteiger partial charge in [-0.1, -0.05) is 18.2 Å². The van der Waals surface area contributed by atoms with Gasteiger partial charge in [0.25, 0.3) is 0 Å². The lowest BCUT2D eigenvalue weighted by Gasteiger charge is -1.98. The lowest BCUT2D eigenvalue weighted by atomic mass is 10.1. The predicted octanol–water partition coefficient (Wildman–Crippen LogP) is 3.54. The SMILES string of the molecule is Fc1ccccc1Cc1c[nH]c(=S)s1. The lowest BCUT2D eigenvalue weighted by Crippen LogP contribution is -1.88. The molecule has 2 rings (SSSR count). The van der Waals surface area contributed by atoms with Gasteiger partial charge in [0.1, 0.15) is 5.82 Å². The van der Waals surface area contributed by atoms with Gasteiger partial charge in [-0.05, 0) is 23.8 Å². The Morgan fingerprint density at radius 2 is 2.14 bits per heavy atom. The molecule has 2 aromatic rings. The van der Waals surface area contributed by atoms with E-state index in [4.69, 9.17) is 12.2 Å². The van der Waals surface area contributed by atoms with Crippen LogP contribution < -0.4 is 0 Å². The molecular weight excluding hydrogens is 217 g/mol. The van der Waals surface area contributed by atoms with E-state index < -0.39 is 0 Å². The topological polar surface area (TPSA) is 15.8 Å². The highest BCUT2D eigenvalue weighted by Crippen LogP contribution is 2.16. The minimum Gasteiger partial charge on any atom is -0.343 e. The van der Waals surface area contributed by atoms with Gasteiger partial charge < -0.3 is 4.98 Å². The summed E-state index contributed by atoms with van der Waals surface area (Å²) in [6.07, 6.45) is 2.43. The molecule has 0 unspecified atom stereocenters. The van der Waals surface area contributed by atoms with Crippen LogP contribution in [-0.4, -0.2) is 4.98 Å². The van der Waals surface area contributed by atoms with Crippen LogP contribution in [0.25, 0.3) is 0 Å². The molecule has 0 aliphatic rings. The summed E-state index contributed by atoms with van der Waals surface area (Å²) < 4.78 is 14.0. The van der Waals surface area contributed by atoms with E-state index in [1.165, 1.54) is 17.4 Å². The van der Waals surface area contributed by atoms with E-state index in [-0.39, 0.29) is 5.82 Å². The Morgan fingerprint density at radius 3 is 2.79 bits per heavy atom. The number of aromatic amines is 1. The van der Waals surface area contributed by atoms with Gasteiger partial charge in [-0.2, -0.15) is 0 Å². The van der Waals surface area contributed by atoms with Gasteiger partial charge in [0.15, 0.2) is 3.95 Å². The van der Waals surface area contributed by atoms with Crippen LogP contribution in [0.15, 0.2) is 30.5 Å². The molecule has 0 spiro atoms. The fourth-order valence-corrected chi connectivity index (χ4v) is 2.32. The first-order chi connectivity index (χ1) is 6.75. The summed E-state index contributed by atoms with van der Waals surface area (Å²) in [6.45, 7) is 0. The number of rotatable bonds is 2. The second-order valence-corrected chi connectivity index (χ2v) is 4.72. The highest BCUT2D eigenvalue weighted by Gasteiger charge is 2.02. The van der Waals surface area contributed by atoms with Crippen molar-refractivity contribution in [2.24, 2.45) is 0 Å². The van der Waals surface area contributed by atoms with Crippen molar-refractivity contribution in [1.29, 1.82) is 0 Å². The molecular formula is C10H8FNS2. The Bertz CT molecular complexity index is 487. The third-order valence-electron chi connectivity index (χ3n) is 1.90. The summed E-state index contributed by atoms with van der Waals surface area (Å²) >= 11 is 6.44. The molecule has 0 atom stereocenters. The second kappa shape index (κ2) is 4.02. The van der Waals surface area contributed by atoms with Crippen LogP contribution in [0, 0.1) is 9.77 Å². The maximum absolute atomic E-state index is 13.3. The van der Waals surface area contributed by atoms with Gasteiger partial charge in [0.2, 0.25) is 0 Å². The van der Waals surface area contributed by atoms with Crippen molar-refractivity contribution >= 4 is 23.6 Å². The lowest BCUT2D eigenvalue weighted by molar-refractivity contribution is 0.614. The van der Waals surface area contributed by atoms with Gasteiger partial charge >= 0.3 is 0 Å². The van der Waals surface area contributed by atoms with Crippen LogP contribution in [0.4, 0.5) is 4.39 Å². The largest absolute Gasteiger partial charge is 0.343 e. The molecule has 1 nitrogen and oxygen atoms in total. The number of thiazole rings is 1. The quantitative estimate of drug-likeness (QED) is 0.773. The molecule has 1 heterocycles. The molecule has 1 aromatic heterocycles. The van der Waals surface area contributed by atoms with Crippen LogP contribution in [0.3, 0.4) is 0 Å². The van der Waals surface area contributed by atoms with Crippen molar-refractivity contribution in [1.82, 2.24) is 4.98 Å². The van der Waals surface area contributed by atoms with Crippen LogP contribution in [0.5, 0.6) is 0 Å². The summed E-state index contributed by atoms with van der Waals surface area (Å²) in [4.78, 5) is 3.97. The molecule has 1 N–H and O–H groups in total. The molecule has 14 heavy (non-hydrogen) atoms. The summed E-state index contributed by atoms with van der Waals surface area (Å²) in [5.74, 6) is -0.160. The van der Waals surface area contributed by atoms with Crippen molar-refractivity contribution in [2.45, 2.75) is 6.42 Å². The van der Waals surface area contributed by atoms with Crippen LogP contribution in [0.2, 0.25) is 0 Å². The number of halogens is 1. The molecule has 1 aromatic carbocycles. The first kappa shape index (κ1) is 9.55. The van der Waals surface area contributed by atoms with E-state index in [9.17, 15) is 4.39 Å². The molecule has 0 aliphatic heterocycles. The maximum atomic E-state index is 13.3. The van der Waals surface area contributed by atoms with E-state index in [0.717, 1.165) is 8.83 Å². The zero-order valence-electron chi connectivity index (χ0n) is 7.29. The molecule has 0 saturated heterocycles. The van der Waals surface area contributed by atoms with Crippen molar-refractivity contribution < 1.29 is 4.39 Å². The fraction of sp³-hybridized carbons (Fsp3) is 0.100. The number of nitrogens with one attached hydrogen (secondary N) is 1. The van der Waals surface area contributed by atoms with E-state index >= 15 is 0 Å². The monoisotopic (exact) mass is 225 g/mol. The minimum absolute atomic E-state index is 0.160. The summed E-state index contributed by atoms with van der Waals surface area (Å²) in [5, 5.41) is 0. The second-order valence-electron chi connectivity index (χ2n) is 2.91. The smallest absolute Gasteiger partial charge is 0.158 e. The molecule has 0 radical (unpaired) electrons. The fourth-order valence-electron chi connectivity index (χ4n) is 1.23. The van der Waals surface area contributed by atoms with Crippen LogP contribution in [-0.2, 0) is 6.42 Å². The predicted molar refractivity (Wildman–Crippen MR) is 58.7 cm³/mol. The van der Waals surface area contributed by atoms with E-state index in [0.29, 0.717) is 12.0 Å². The molecule has 0 aliphatic carbocycles. The zero-order valence-corrected chi connectivity index (χ0v) is 8.92. The standard InChI is InChI=1S/C10H8FNS2/c11-9-4-2-1-3-7(9)5-8-6-12-10(13)14-8/h1-4,6H,5H2,(H,12,13). The third kappa shape index (κ3) is 2.08. The summed E-state index contributed by atoms with van der Waals surface area (Å²) in [5.41, 5.74) is 0.706. The number of hydrogen-bond acceptors (Lipinski definition) is 2. The average molecular weight is 225 g/mol. The highest BCUT2D eigenvalue weighted by atomic mass is 32.1. The van der Waals surface area contributed by atoms with E-state index in [1.54, 1.807) is 12.1 Å². The molecule has 72 valence electrons. The van der Waals surface area contributed by atoms with Crippen LogP contribution >= 0.6 is 23.6 Å². The number of hydrogen-bond donors (Lipinski definition) is 1. The van der Waals surface area contributed by atoms with Gasteiger partial charge in [-0.3, -0.25) is 0 Å². The van der Waals surface area contributed by atoms with Crippen molar-refractivity contribution in [3.05, 3.63) is 50.7 Å². The third-order valence-corrected chi connectivity index (χ3v) is 3.09. The number of benzene rings is 1. The zero-order chi connectivity index (χ0) is 9.97. The Morgan fingerprint density at radius 1 is 1.36 bits per heavy atom. The molecule has 0 amide bonds. The Balaban J connectivity index is 2.27. The summed E-state index contributed by atoms with van der Waals surface area (Å²) in [6, 6.07) is 6.79. The average Bonchev–Trinajstić information content (AvgIpc) is 2.56. The highest BCUT2D eigenvalue weighted by molar-refractivity contribution is 7.73. The molecule has 0 fully saturated rings. The van der Waals surface area contributed by atoms with Crippen molar-refractivity contribution in [3.63, 3.8) is 0 Å². The first-order valence-electron chi connectivity index (χ1n) is 4.16. The van der Waals surface area contributed by atoms with Crippen molar-refractivity contribution in [3.8, 4) is 0 Å². The number of H-pyrrole nitrogens is 1. The van der Waals surface area contributed by atoms with Gasteiger partial charge in [-0.15, -0.1) is 11.3 Å². The Hall–Kier alpha value is -1.00. The van der Waals surface area contributed by atoms with Gasteiger partial charge in [0.05, 0.1) is 0 Å². The van der Waals surface area contributed by atoms with Crippen molar-refractivity contribution in [2.75, 3.05) is 0 Å². The van der Waals surface area contributed by atoms with Gasteiger partial charge in [-0.25, -0.2) is 4.39 Å². The molecule has 4 heteroatoms. The normalized spacial score (nSPS) is 10.4. The van der Waals surface area contributed by atoms with Gasteiger partial charge in [0, 0.05) is 17.5 Å². The maximum Gasteiger partial charge on any atom is 0.158 e. The molecule has 0 saturated carbocycles. The Kier molecular flexibility index (Phi) is 2.74. The Labute approximate surface area is 90.2 Å². The van der Waals surface area contributed by atoms with Crippen LogP contribution in [0.1, 0.15) is 10.4 Å². The first-order valence-corrected chi connectivity index (χ1v) is 5.39. The minimum atomic E-state index is -0.160. The molecule has 0 bridgehead atoms. The number of aromatic nitrogens is 1. The van der Waals surface area contributed by atoms with E-state index in [2.05, 4.69) is 4.98 Å².